The van der Waals surface area contributed by atoms with E-state index in [0.717, 1.165) is 5.56 Å². The predicted molar refractivity (Wildman–Crippen MR) is 82.1 cm³/mol. The molecular formula is C17H21N3O. The summed E-state index contributed by atoms with van der Waals surface area (Å²) >= 11 is 0. The molecule has 1 amide bonds. The zero-order valence-corrected chi connectivity index (χ0v) is 12.3. The second kappa shape index (κ2) is 6.12. The average molecular weight is 283 g/mol. The fraction of sp³-hybridized carbons (Fsp3) is 0.412. The highest BCUT2D eigenvalue weighted by atomic mass is 16.1. The molecule has 4 nitrogen and oxygen atoms in total. The molecule has 1 aliphatic carbocycles. The lowest BCUT2D eigenvalue weighted by molar-refractivity contribution is 0.0939. The van der Waals surface area contributed by atoms with Crippen molar-refractivity contribution in [3.8, 4) is 0 Å². The van der Waals surface area contributed by atoms with Crippen LogP contribution in [0.2, 0.25) is 0 Å². The maximum Gasteiger partial charge on any atom is 0.254 e. The van der Waals surface area contributed by atoms with Crippen LogP contribution in [0.5, 0.6) is 0 Å². The Balaban J connectivity index is 1.65. The number of nitrogens with one attached hydrogen (secondary N) is 1. The van der Waals surface area contributed by atoms with Crippen molar-refractivity contribution in [3.05, 3.63) is 53.9 Å². The molecule has 0 aliphatic heterocycles. The van der Waals surface area contributed by atoms with Crippen LogP contribution in [0.25, 0.3) is 0 Å². The third-order valence-electron chi connectivity index (χ3n) is 4.21. The van der Waals surface area contributed by atoms with Gasteiger partial charge < -0.3 is 5.32 Å². The SMILES string of the molecule is CC(NC(=O)c1cnn(C2CCCC2)c1)c1ccccc1. The second-order valence-electron chi connectivity index (χ2n) is 5.75. The van der Waals surface area contributed by atoms with Crippen molar-refractivity contribution in [2.75, 3.05) is 0 Å². The topological polar surface area (TPSA) is 46.9 Å². The van der Waals surface area contributed by atoms with Gasteiger partial charge in [-0.15, -0.1) is 0 Å². The van der Waals surface area contributed by atoms with Gasteiger partial charge in [-0.05, 0) is 25.3 Å². The van der Waals surface area contributed by atoms with Crippen molar-refractivity contribution < 1.29 is 4.79 Å². The van der Waals surface area contributed by atoms with Gasteiger partial charge >= 0.3 is 0 Å². The highest BCUT2D eigenvalue weighted by Crippen LogP contribution is 2.28. The molecule has 0 saturated heterocycles. The molecule has 1 heterocycles. The van der Waals surface area contributed by atoms with Crippen LogP contribution in [-0.4, -0.2) is 15.7 Å². The van der Waals surface area contributed by atoms with Gasteiger partial charge in [-0.25, -0.2) is 0 Å². The Hall–Kier alpha value is -2.10. The maximum absolute atomic E-state index is 12.3. The number of hydrogen-bond acceptors (Lipinski definition) is 2. The molecule has 1 aromatic heterocycles. The van der Waals surface area contributed by atoms with E-state index >= 15 is 0 Å². The summed E-state index contributed by atoms with van der Waals surface area (Å²) in [7, 11) is 0. The number of rotatable bonds is 4. The van der Waals surface area contributed by atoms with Gasteiger partial charge in [0, 0.05) is 6.20 Å². The third kappa shape index (κ3) is 3.15. The number of amides is 1. The zero-order valence-electron chi connectivity index (χ0n) is 12.3. The molecule has 0 bridgehead atoms. The van der Waals surface area contributed by atoms with E-state index in [2.05, 4.69) is 10.4 Å². The predicted octanol–water partition coefficient (Wildman–Crippen LogP) is 3.49. The lowest BCUT2D eigenvalue weighted by atomic mass is 10.1. The number of benzene rings is 1. The van der Waals surface area contributed by atoms with E-state index in [-0.39, 0.29) is 11.9 Å². The van der Waals surface area contributed by atoms with Crippen LogP contribution in [0.15, 0.2) is 42.7 Å². The minimum absolute atomic E-state index is 0.00599. The molecule has 3 rings (SSSR count). The van der Waals surface area contributed by atoms with Gasteiger partial charge in [0.1, 0.15) is 0 Å². The molecule has 1 N–H and O–H groups in total. The summed E-state index contributed by atoms with van der Waals surface area (Å²) in [6.07, 6.45) is 8.41. The largest absolute Gasteiger partial charge is 0.345 e. The molecular weight excluding hydrogens is 262 g/mol. The average Bonchev–Trinajstić information content (AvgIpc) is 3.19. The van der Waals surface area contributed by atoms with Gasteiger partial charge in [-0.1, -0.05) is 43.2 Å². The molecule has 1 saturated carbocycles. The summed E-state index contributed by atoms with van der Waals surface area (Å²) in [5.74, 6) is -0.0596. The first-order valence-electron chi connectivity index (χ1n) is 7.64. The van der Waals surface area contributed by atoms with Gasteiger partial charge in [0.2, 0.25) is 0 Å². The van der Waals surface area contributed by atoms with E-state index in [4.69, 9.17) is 0 Å². The molecule has 0 spiro atoms. The summed E-state index contributed by atoms with van der Waals surface area (Å²) in [5.41, 5.74) is 1.75. The molecule has 4 heteroatoms. The first-order chi connectivity index (χ1) is 10.2. The Morgan fingerprint density at radius 3 is 2.71 bits per heavy atom. The van der Waals surface area contributed by atoms with Gasteiger partial charge in [-0.3, -0.25) is 9.48 Å². The van der Waals surface area contributed by atoms with Crippen molar-refractivity contribution in [2.24, 2.45) is 0 Å². The zero-order chi connectivity index (χ0) is 14.7. The first kappa shape index (κ1) is 13.9. The highest BCUT2D eigenvalue weighted by molar-refractivity contribution is 5.93. The third-order valence-corrected chi connectivity index (χ3v) is 4.21. The van der Waals surface area contributed by atoms with Crippen LogP contribution in [0.4, 0.5) is 0 Å². The fourth-order valence-electron chi connectivity index (χ4n) is 2.93. The van der Waals surface area contributed by atoms with Crippen LogP contribution >= 0.6 is 0 Å². The highest BCUT2D eigenvalue weighted by Gasteiger charge is 2.19. The first-order valence-corrected chi connectivity index (χ1v) is 7.64. The maximum atomic E-state index is 12.3. The van der Waals surface area contributed by atoms with Crippen LogP contribution in [0, 0.1) is 0 Å². The summed E-state index contributed by atoms with van der Waals surface area (Å²) < 4.78 is 1.95. The van der Waals surface area contributed by atoms with E-state index < -0.39 is 0 Å². The lowest BCUT2D eigenvalue weighted by Crippen LogP contribution is -2.26. The van der Waals surface area contributed by atoms with Crippen LogP contribution in [0.1, 0.15) is 60.6 Å². The molecule has 2 aromatic rings. The molecule has 1 unspecified atom stereocenters. The van der Waals surface area contributed by atoms with E-state index in [1.54, 1.807) is 6.20 Å². The normalized spacial score (nSPS) is 16.8. The quantitative estimate of drug-likeness (QED) is 0.933. The smallest absolute Gasteiger partial charge is 0.254 e. The van der Waals surface area contributed by atoms with E-state index in [0.29, 0.717) is 11.6 Å². The molecule has 1 fully saturated rings. The summed E-state index contributed by atoms with van der Waals surface area (Å²) in [6.45, 7) is 1.99. The van der Waals surface area contributed by atoms with Gasteiger partial charge in [0.25, 0.3) is 5.91 Å². The molecule has 0 radical (unpaired) electrons. The molecule has 1 atom stereocenters. The van der Waals surface area contributed by atoms with Crippen molar-refractivity contribution in [1.29, 1.82) is 0 Å². The molecule has 110 valence electrons. The Bertz CT molecular complexity index is 600. The Morgan fingerprint density at radius 2 is 2.00 bits per heavy atom. The van der Waals surface area contributed by atoms with Crippen molar-refractivity contribution >= 4 is 5.91 Å². The van der Waals surface area contributed by atoms with E-state index in [1.165, 1.54) is 25.7 Å². The molecule has 21 heavy (non-hydrogen) atoms. The van der Waals surface area contributed by atoms with Crippen molar-refractivity contribution in [2.45, 2.75) is 44.7 Å². The van der Waals surface area contributed by atoms with Gasteiger partial charge in [0.05, 0.1) is 23.8 Å². The summed E-state index contributed by atoms with van der Waals surface area (Å²) in [5, 5.41) is 7.38. The Morgan fingerprint density at radius 1 is 1.29 bits per heavy atom. The van der Waals surface area contributed by atoms with Gasteiger partial charge in [-0.2, -0.15) is 5.10 Å². The molecule has 1 aliphatic rings. The van der Waals surface area contributed by atoms with Crippen molar-refractivity contribution in [1.82, 2.24) is 15.1 Å². The molecule has 1 aromatic carbocycles. The summed E-state index contributed by atoms with van der Waals surface area (Å²) in [6, 6.07) is 10.4. The number of carbonyl (C=O) groups excluding carboxylic acids is 1. The lowest BCUT2D eigenvalue weighted by Gasteiger charge is -2.13. The van der Waals surface area contributed by atoms with Crippen molar-refractivity contribution in [3.63, 3.8) is 0 Å². The number of hydrogen-bond donors (Lipinski definition) is 1. The van der Waals surface area contributed by atoms with Crippen LogP contribution < -0.4 is 5.32 Å². The second-order valence-corrected chi connectivity index (χ2v) is 5.75. The Kier molecular flexibility index (Phi) is 4.04. The fourth-order valence-corrected chi connectivity index (χ4v) is 2.93. The van der Waals surface area contributed by atoms with E-state index in [9.17, 15) is 4.79 Å². The standard InChI is InChI=1S/C17H21N3O/c1-13(14-7-3-2-4-8-14)19-17(21)15-11-18-20(12-15)16-9-5-6-10-16/h2-4,7-8,11-13,16H,5-6,9-10H2,1H3,(H,19,21). The minimum Gasteiger partial charge on any atom is -0.345 e. The number of nitrogens with zero attached hydrogens (tertiary/aromatic N) is 2. The number of aromatic nitrogens is 2. The summed E-state index contributed by atoms with van der Waals surface area (Å²) in [4.78, 5) is 12.3. The van der Waals surface area contributed by atoms with Gasteiger partial charge in [0.15, 0.2) is 0 Å². The Labute approximate surface area is 125 Å². The van der Waals surface area contributed by atoms with E-state index in [1.807, 2.05) is 48.1 Å². The minimum atomic E-state index is -0.0596. The monoisotopic (exact) mass is 283 g/mol. The van der Waals surface area contributed by atoms with Crippen LogP contribution in [0.3, 0.4) is 0 Å². The van der Waals surface area contributed by atoms with Crippen LogP contribution in [-0.2, 0) is 0 Å². The number of carbonyl (C=O) groups is 1.